The van der Waals surface area contributed by atoms with Gasteiger partial charge in [0.05, 0.1) is 0 Å². The summed E-state index contributed by atoms with van der Waals surface area (Å²) in [6.07, 6.45) is -6.80. The zero-order chi connectivity index (χ0) is 23.0. The molecule has 6 rings (SSSR count). The number of carboxylic acid groups (broad SMARTS) is 1. The van der Waals surface area contributed by atoms with Gasteiger partial charge < -0.3 is 39.4 Å². The van der Waals surface area contributed by atoms with Crippen molar-refractivity contribution < 1.29 is 53.9 Å². The number of aliphatic hydroxyl groups excluding tert-OH is 3. The van der Waals surface area contributed by atoms with Crippen LogP contribution in [0.4, 0.5) is 0 Å². The number of carbonyl (C=O) groups is 1. The van der Waals surface area contributed by atoms with Gasteiger partial charge >= 0.3 is 5.97 Å². The smallest absolute Gasteiger partial charge is 0.335 e. The van der Waals surface area contributed by atoms with Gasteiger partial charge in [-0.05, 0) is 38.0 Å². The summed E-state index contributed by atoms with van der Waals surface area (Å²) >= 11 is 0. The summed E-state index contributed by atoms with van der Waals surface area (Å²) in [5.74, 6) is -2.14. The maximum atomic E-state index is 11.4. The summed E-state index contributed by atoms with van der Waals surface area (Å²) in [4.78, 5) is 23.2. The first-order valence-electron chi connectivity index (χ1n) is 11.4. The molecule has 1 aliphatic carbocycles. The monoisotopic (exact) mass is 460 g/mol. The third-order valence-electron chi connectivity index (χ3n) is 8.18. The third kappa shape index (κ3) is 3.25. The Morgan fingerprint density at radius 2 is 1.69 bits per heavy atom. The van der Waals surface area contributed by atoms with Crippen LogP contribution in [-0.2, 0) is 33.5 Å². The number of hydrogen-bond acceptors (Lipinski definition) is 10. The van der Waals surface area contributed by atoms with Crippen molar-refractivity contribution in [1.29, 1.82) is 0 Å². The molecule has 0 radical (unpaired) electrons. The van der Waals surface area contributed by atoms with E-state index in [0.717, 1.165) is 19.3 Å². The molecule has 5 saturated heterocycles. The van der Waals surface area contributed by atoms with E-state index < -0.39 is 60.6 Å². The first-order chi connectivity index (χ1) is 15.1. The Kier molecular flexibility index (Phi) is 5.59. The van der Waals surface area contributed by atoms with Gasteiger partial charge in [-0.2, -0.15) is 0 Å². The Labute approximate surface area is 185 Å². The Bertz CT molecular complexity index is 749. The van der Waals surface area contributed by atoms with Crippen LogP contribution < -0.4 is 0 Å². The lowest BCUT2D eigenvalue weighted by molar-refractivity contribution is -0.579. The first-order valence-corrected chi connectivity index (χ1v) is 11.4. The molecule has 4 N–H and O–H groups in total. The fraction of sp³-hybridized carbons (Fsp3) is 0.952. The maximum Gasteiger partial charge on any atom is 0.335 e. The van der Waals surface area contributed by atoms with E-state index in [-0.39, 0.29) is 17.8 Å². The van der Waals surface area contributed by atoms with Crippen LogP contribution in [0.25, 0.3) is 0 Å². The zero-order valence-electron chi connectivity index (χ0n) is 18.3. The first kappa shape index (κ1) is 22.9. The van der Waals surface area contributed by atoms with Crippen molar-refractivity contribution in [3.8, 4) is 0 Å². The van der Waals surface area contributed by atoms with Gasteiger partial charge in [0.25, 0.3) is 0 Å². The van der Waals surface area contributed by atoms with Crippen LogP contribution in [0.5, 0.6) is 0 Å². The van der Waals surface area contributed by atoms with Crippen LogP contribution in [0, 0.1) is 23.7 Å². The number of aliphatic hydroxyl groups is 3. The number of carboxylic acids is 1. The molecule has 1 saturated carbocycles. The molecule has 5 heterocycles. The van der Waals surface area contributed by atoms with Gasteiger partial charge in [0.15, 0.2) is 30.6 Å². The van der Waals surface area contributed by atoms with E-state index >= 15 is 0 Å². The lowest BCUT2D eigenvalue weighted by Gasteiger charge is -2.60. The topological polar surface area (TPSA) is 153 Å². The average Bonchev–Trinajstić information content (AvgIpc) is 2.97. The molecular weight excluding hydrogens is 428 g/mol. The molecule has 13 atom stereocenters. The molecule has 11 heteroatoms. The number of aliphatic carboxylic acids is 1. The van der Waals surface area contributed by atoms with Crippen LogP contribution in [0.1, 0.15) is 46.5 Å². The van der Waals surface area contributed by atoms with Crippen molar-refractivity contribution in [2.24, 2.45) is 23.7 Å². The van der Waals surface area contributed by atoms with Gasteiger partial charge in [-0.25, -0.2) is 14.6 Å². The van der Waals surface area contributed by atoms with E-state index in [1.54, 1.807) is 6.92 Å². The second-order valence-electron chi connectivity index (χ2n) is 10.1. The average molecular weight is 460 g/mol. The van der Waals surface area contributed by atoms with Crippen molar-refractivity contribution in [3.63, 3.8) is 0 Å². The van der Waals surface area contributed by atoms with E-state index in [1.807, 2.05) is 6.92 Å². The summed E-state index contributed by atoms with van der Waals surface area (Å²) in [5.41, 5.74) is -0.793. The molecule has 11 nitrogen and oxygen atoms in total. The zero-order valence-corrected chi connectivity index (χ0v) is 18.3. The second-order valence-corrected chi connectivity index (χ2v) is 10.1. The molecule has 5 aliphatic heterocycles. The van der Waals surface area contributed by atoms with Crippen molar-refractivity contribution in [3.05, 3.63) is 0 Å². The van der Waals surface area contributed by atoms with Gasteiger partial charge in [-0.15, -0.1) is 0 Å². The number of hydrogen-bond donors (Lipinski definition) is 4. The van der Waals surface area contributed by atoms with Crippen LogP contribution >= 0.6 is 0 Å². The minimum atomic E-state index is -1.79. The molecule has 0 aromatic rings. The molecule has 1 spiro atoms. The van der Waals surface area contributed by atoms with Gasteiger partial charge in [-0.1, -0.05) is 13.8 Å². The molecule has 0 aromatic heterocycles. The molecule has 182 valence electrons. The van der Waals surface area contributed by atoms with E-state index in [9.17, 15) is 25.2 Å². The standard InChI is InChI=1S/C21H32O11/c1-8-4-5-11-9(2)17(28-18-14(24)12(22)13(23)15(27-18)16(25)26)29-19-21(11)10(8)6-7-20(3,30-19)31-32-21/h8-15,17-19,22-24H,4-7H2,1-3H3,(H,25,26)/t8-,9+,10+,11-,12?,13+,14?,15?,17?,18-,19-,20-,21-/m0/s1. The molecular formula is C21H32O11. The summed E-state index contributed by atoms with van der Waals surface area (Å²) in [5, 5.41) is 39.7. The van der Waals surface area contributed by atoms with Gasteiger partial charge in [0.1, 0.15) is 18.3 Å². The van der Waals surface area contributed by atoms with E-state index in [1.165, 1.54) is 0 Å². The van der Waals surface area contributed by atoms with Crippen molar-refractivity contribution in [2.45, 2.75) is 101 Å². The van der Waals surface area contributed by atoms with Crippen LogP contribution in [0.2, 0.25) is 0 Å². The molecule has 0 aromatic carbocycles. The third-order valence-corrected chi connectivity index (χ3v) is 8.18. The Morgan fingerprint density at radius 3 is 2.41 bits per heavy atom. The van der Waals surface area contributed by atoms with Gasteiger partial charge in [0, 0.05) is 18.3 Å². The van der Waals surface area contributed by atoms with Crippen LogP contribution in [-0.4, -0.2) is 81.1 Å². The highest BCUT2D eigenvalue weighted by atomic mass is 17.3. The minimum Gasteiger partial charge on any atom is -0.479 e. The number of ether oxygens (including phenoxy) is 4. The highest BCUT2D eigenvalue weighted by Crippen LogP contribution is 2.60. The quantitative estimate of drug-likeness (QED) is 0.424. The predicted octanol–water partition coefficient (Wildman–Crippen LogP) is 0.103. The molecule has 2 bridgehead atoms. The van der Waals surface area contributed by atoms with Crippen molar-refractivity contribution in [1.82, 2.24) is 0 Å². The maximum absolute atomic E-state index is 11.4. The SMILES string of the molecule is C[C@H]1CC[C@H]2[C@@H](C)C(O[C@@H]3OC(C(=O)O)[C@H](O)C(O)C3O)O[C@H]3O[C@]4(C)CC[C@H]1[C@@]32OO4. The van der Waals surface area contributed by atoms with E-state index in [2.05, 4.69) is 6.92 Å². The Morgan fingerprint density at radius 1 is 0.938 bits per heavy atom. The fourth-order valence-corrected chi connectivity index (χ4v) is 6.32. The fourth-order valence-electron chi connectivity index (χ4n) is 6.32. The summed E-state index contributed by atoms with van der Waals surface area (Å²) in [7, 11) is 0. The Balaban J connectivity index is 1.41. The minimum absolute atomic E-state index is 0.0402. The number of rotatable bonds is 3. The van der Waals surface area contributed by atoms with Crippen LogP contribution in [0.3, 0.4) is 0 Å². The van der Waals surface area contributed by atoms with E-state index in [4.69, 9.17) is 28.7 Å². The lowest BCUT2D eigenvalue weighted by Crippen LogP contribution is -2.71. The summed E-state index contributed by atoms with van der Waals surface area (Å²) in [6, 6.07) is 0. The highest BCUT2D eigenvalue weighted by Gasteiger charge is 2.69. The molecule has 0 amide bonds. The largest absolute Gasteiger partial charge is 0.479 e. The molecule has 4 unspecified atom stereocenters. The number of fused-ring (bicyclic) bond motifs is 2. The molecule has 32 heavy (non-hydrogen) atoms. The lowest BCUT2D eigenvalue weighted by atomic mass is 9.58. The summed E-state index contributed by atoms with van der Waals surface area (Å²) in [6.45, 7) is 5.94. The molecule has 6 fully saturated rings. The van der Waals surface area contributed by atoms with Crippen molar-refractivity contribution in [2.75, 3.05) is 0 Å². The van der Waals surface area contributed by atoms with Gasteiger partial charge in [0.2, 0.25) is 5.79 Å². The molecule has 6 aliphatic rings. The Hall–Kier alpha value is -0.890. The predicted molar refractivity (Wildman–Crippen MR) is 102 cm³/mol. The van der Waals surface area contributed by atoms with Crippen LogP contribution in [0.15, 0.2) is 0 Å². The van der Waals surface area contributed by atoms with Gasteiger partial charge in [-0.3, -0.25) is 0 Å². The van der Waals surface area contributed by atoms with E-state index in [0.29, 0.717) is 12.3 Å². The second kappa shape index (κ2) is 7.82. The normalized spacial score (nSPS) is 57.5. The highest BCUT2D eigenvalue weighted by molar-refractivity contribution is 5.73. The summed E-state index contributed by atoms with van der Waals surface area (Å²) < 4.78 is 23.7. The van der Waals surface area contributed by atoms with Crippen molar-refractivity contribution >= 4 is 5.97 Å².